The first-order chi connectivity index (χ1) is 19.2. The molecule has 2 aliphatic rings. The van der Waals surface area contributed by atoms with Crippen LogP contribution in [0.25, 0.3) is 0 Å². The highest BCUT2D eigenvalue weighted by Crippen LogP contribution is 2.46. The largest absolute Gasteiger partial charge is 0.384 e. The fraction of sp³-hybridized carbons (Fsp3) is 0.219. The van der Waals surface area contributed by atoms with Gasteiger partial charge in [-0.15, -0.1) is 0 Å². The minimum atomic E-state index is -1.47. The molecule has 0 amide bonds. The van der Waals surface area contributed by atoms with Gasteiger partial charge in [-0.3, -0.25) is 4.90 Å². The molecule has 204 valence electrons. The second-order valence-electron chi connectivity index (χ2n) is 10.6. The molecule has 0 spiro atoms. The van der Waals surface area contributed by atoms with E-state index in [4.69, 9.17) is 39.6 Å². The topological polar surface area (TPSA) is 24.8 Å². The van der Waals surface area contributed by atoms with Crippen molar-refractivity contribution in [2.45, 2.75) is 30.7 Å². The number of likely N-dealkylation sites (tertiary alicyclic amines) is 1. The fourth-order valence-corrected chi connectivity index (χ4v) is 6.93. The molecule has 1 atom stereocenters. The third-order valence-electron chi connectivity index (χ3n) is 7.74. The molecular formula is C32H25BrCl3FN2O. The quantitative estimate of drug-likeness (QED) is 0.193. The van der Waals surface area contributed by atoms with Crippen LogP contribution in [0.15, 0.2) is 101 Å². The molecule has 3 nitrogen and oxygen atoms in total. The van der Waals surface area contributed by atoms with Gasteiger partial charge in [-0.05, 0) is 36.2 Å². The van der Waals surface area contributed by atoms with Gasteiger partial charge in [-0.2, -0.15) is 0 Å². The molecule has 4 aromatic carbocycles. The number of benzene rings is 4. The molecule has 0 aromatic heterocycles. The molecule has 1 fully saturated rings. The van der Waals surface area contributed by atoms with E-state index in [1.54, 1.807) is 12.1 Å². The second kappa shape index (κ2) is 10.8. The zero-order chi connectivity index (χ0) is 28.1. The van der Waals surface area contributed by atoms with E-state index in [0.29, 0.717) is 44.6 Å². The molecule has 1 unspecified atom stereocenters. The van der Waals surface area contributed by atoms with Gasteiger partial charge in [0.1, 0.15) is 0 Å². The van der Waals surface area contributed by atoms with Crippen molar-refractivity contribution in [1.29, 1.82) is 0 Å². The lowest BCUT2D eigenvalue weighted by molar-refractivity contribution is -0.0547. The fourth-order valence-electron chi connectivity index (χ4n) is 5.60. The maximum atomic E-state index is 16.3. The van der Waals surface area contributed by atoms with Crippen LogP contribution in [0.1, 0.15) is 47.2 Å². The van der Waals surface area contributed by atoms with Crippen LogP contribution >= 0.6 is 50.7 Å². The van der Waals surface area contributed by atoms with Crippen LogP contribution in [0.4, 0.5) is 4.39 Å². The Bertz CT molecular complexity index is 1530. The van der Waals surface area contributed by atoms with Gasteiger partial charge < -0.3 is 4.84 Å². The predicted octanol–water partition coefficient (Wildman–Crippen LogP) is 9.72. The van der Waals surface area contributed by atoms with Crippen molar-refractivity contribution in [2.75, 3.05) is 13.1 Å². The molecule has 0 radical (unpaired) electrons. The summed E-state index contributed by atoms with van der Waals surface area (Å²) in [5.41, 5.74) is 3.10. The summed E-state index contributed by atoms with van der Waals surface area (Å²) in [5.74, 6) is 0. The third kappa shape index (κ3) is 5.08. The lowest BCUT2D eigenvalue weighted by Gasteiger charge is -2.49. The van der Waals surface area contributed by atoms with E-state index in [-0.39, 0.29) is 6.04 Å². The molecule has 0 aliphatic carbocycles. The summed E-state index contributed by atoms with van der Waals surface area (Å²) in [6.07, 6.45) is 0.497. The van der Waals surface area contributed by atoms with E-state index >= 15 is 4.39 Å². The summed E-state index contributed by atoms with van der Waals surface area (Å²) in [4.78, 5) is 8.06. The number of alkyl halides is 1. The van der Waals surface area contributed by atoms with Gasteiger partial charge >= 0.3 is 0 Å². The summed E-state index contributed by atoms with van der Waals surface area (Å²) in [6.45, 7) is 2.51. The van der Waals surface area contributed by atoms with Crippen molar-refractivity contribution in [3.05, 3.63) is 138 Å². The lowest BCUT2D eigenvalue weighted by atomic mass is 9.83. The Morgan fingerprint density at radius 2 is 1.45 bits per heavy atom. The molecule has 1 saturated heterocycles. The van der Waals surface area contributed by atoms with Crippen LogP contribution in [0, 0.1) is 0 Å². The zero-order valence-corrected chi connectivity index (χ0v) is 25.4. The van der Waals surface area contributed by atoms with Crippen molar-refractivity contribution in [3.63, 3.8) is 0 Å². The third-order valence-corrected chi connectivity index (χ3v) is 9.60. The van der Waals surface area contributed by atoms with Crippen molar-refractivity contribution in [3.8, 4) is 0 Å². The highest BCUT2D eigenvalue weighted by atomic mass is 79.9. The van der Waals surface area contributed by atoms with E-state index in [1.165, 1.54) is 0 Å². The van der Waals surface area contributed by atoms with Crippen LogP contribution < -0.4 is 0 Å². The Morgan fingerprint density at radius 1 is 0.875 bits per heavy atom. The van der Waals surface area contributed by atoms with Crippen LogP contribution in [0.3, 0.4) is 0 Å². The predicted molar refractivity (Wildman–Crippen MR) is 164 cm³/mol. The van der Waals surface area contributed by atoms with Crippen LogP contribution in [-0.4, -0.2) is 23.7 Å². The Hall–Kier alpha value is -2.41. The molecule has 40 heavy (non-hydrogen) atoms. The van der Waals surface area contributed by atoms with E-state index in [2.05, 4.69) is 50.3 Å². The zero-order valence-electron chi connectivity index (χ0n) is 21.6. The maximum absolute atomic E-state index is 16.3. The monoisotopic (exact) mass is 656 g/mol. The number of nitrogens with zero attached hydrogens (tertiary/aromatic N) is 2. The van der Waals surface area contributed by atoms with E-state index in [1.807, 2.05) is 61.5 Å². The number of halogens is 5. The summed E-state index contributed by atoms with van der Waals surface area (Å²) in [7, 11) is 0. The summed E-state index contributed by atoms with van der Waals surface area (Å²) in [6, 6.07) is 29.7. The van der Waals surface area contributed by atoms with Crippen molar-refractivity contribution in [1.82, 2.24) is 4.90 Å². The van der Waals surface area contributed by atoms with Gasteiger partial charge in [0.05, 0.1) is 26.8 Å². The highest BCUT2D eigenvalue weighted by Gasteiger charge is 2.49. The summed E-state index contributed by atoms with van der Waals surface area (Å²) in [5, 5.41) is 5.39. The van der Waals surface area contributed by atoms with Crippen molar-refractivity contribution in [2.24, 2.45) is 5.16 Å². The van der Waals surface area contributed by atoms with E-state index in [9.17, 15) is 0 Å². The van der Waals surface area contributed by atoms with Gasteiger partial charge in [0.2, 0.25) is 0 Å². The molecule has 8 heteroatoms. The van der Waals surface area contributed by atoms with Gasteiger partial charge in [0.25, 0.3) is 0 Å². The average molecular weight is 659 g/mol. The highest BCUT2D eigenvalue weighted by molar-refractivity contribution is 9.10. The Labute approximate surface area is 256 Å². The number of oxime groups is 1. The SMILES string of the molecule is CC1(c2cc(Cl)c(Cl)c(Cl)c2)CC(c2ccc(C3(F)CN(C(c4ccccc4)c4ccccc4)C3)c(Br)c2)=NO1. The number of hydrogen-bond donors (Lipinski definition) is 0. The van der Waals surface area contributed by atoms with E-state index < -0.39 is 11.3 Å². The van der Waals surface area contributed by atoms with Crippen molar-refractivity contribution < 1.29 is 9.23 Å². The van der Waals surface area contributed by atoms with Crippen LogP contribution in [0.2, 0.25) is 15.1 Å². The second-order valence-corrected chi connectivity index (χ2v) is 12.6. The first kappa shape index (κ1) is 27.7. The minimum absolute atomic E-state index is 0.0122. The lowest BCUT2D eigenvalue weighted by Crippen LogP contribution is -2.58. The standard InChI is InChI=1S/C32H25BrCl3FN2O/c1-31(23-15-26(34)29(36)27(35)16-23)17-28(38-40-31)22-12-13-24(25(33)14-22)32(37)18-39(19-32)30(20-8-4-2-5-9-20)21-10-6-3-7-11-21/h2-16,30H,17-19H2,1H3. The van der Waals surface area contributed by atoms with Crippen molar-refractivity contribution >= 4 is 56.4 Å². The average Bonchev–Trinajstić information content (AvgIpc) is 3.35. The minimum Gasteiger partial charge on any atom is -0.384 e. The Morgan fingerprint density at radius 3 is 2.00 bits per heavy atom. The molecule has 2 aliphatic heterocycles. The molecular weight excluding hydrogens is 634 g/mol. The Kier molecular flexibility index (Phi) is 7.47. The molecule has 6 rings (SSSR count). The smallest absolute Gasteiger partial charge is 0.165 e. The van der Waals surface area contributed by atoms with Crippen LogP contribution in [0.5, 0.6) is 0 Å². The summed E-state index contributed by atoms with van der Waals surface area (Å²) < 4.78 is 17.0. The number of hydrogen-bond acceptors (Lipinski definition) is 3. The van der Waals surface area contributed by atoms with Gasteiger partial charge in [-0.25, -0.2) is 4.39 Å². The first-order valence-electron chi connectivity index (χ1n) is 12.9. The van der Waals surface area contributed by atoms with E-state index in [0.717, 1.165) is 28.0 Å². The first-order valence-corrected chi connectivity index (χ1v) is 14.8. The molecule has 4 aromatic rings. The molecule has 0 bridgehead atoms. The molecule has 0 N–H and O–H groups in total. The van der Waals surface area contributed by atoms with Gasteiger partial charge in [0, 0.05) is 40.7 Å². The number of rotatable bonds is 6. The maximum Gasteiger partial charge on any atom is 0.165 e. The van der Waals surface area contributed by atoms with Gasteiger partial charge in [0.15, 0.2) is 11.3 Å². The molecule has 2 heterocycles. The van der Waals surface area contributed by atoms with Crippen LogP contribution in [-0.2, 0) is 16.1 Å². The Balaban J connectivity index is 1.20. The van der Waals surface area contributed by atoms with Gasteiger partial charge in [-0.1, -0.05) is 129 Å². The summed E-state index contributed by atoms with van der Waals surface area (Å²) >= 11 is 22.3. The molecule has 0 saturated carbocycles. The normalized spacial score (nSPS) is 20.2.